The zero-order chi connectivity index (χ0) is 22.7. The number of halogens is 1. The molecule has 168 valence electrons. The Kier molecular flexibility index (Phi) is 6.20. The lowest BCUT2D eigenvalue weighted by Crippen LogP contribution is -2.34. The first-order valence-electron chi connectivity index (χ1n) is 10.4. The molecular formula is C22H24FN5O4. The largest absolute Gasteiger partial charge is 0.444 e. The maximum absolute atomic E-state index is 14.9. The molecule has 10 heteroatoms. The monoisotopic (exact) mass is 441 g/mol. The Bertz CT molecular complexity index is 1030. The van der Waals surface area contributed by atoms with E-state index in [9.17, 15) is 14.0 Å². The van der Waals surface area contributed by atoms with Crippen LogP contribution in [0.3, 0.4) is 0 Å². The van der Waals surface area contributed by atoms with E-state index < -0.39 is 23.9 Å². The molecule has 0 aliphatic carbocycles. The first-order valence-corrected chi connectivity index (χ1v) is 10.4. The van der Waals surface area contributed by atoms with Crippen LogP contribution in [0.15, 0.2) is 41.7 Å². The molecule has 2 aromatic rings. The number of benzene rings is 1. The van der Waals surface area contributed by atoms with E-state index in [0.29, 0.717) is 49.2 Å². The lowest BCUT2D eigenvalue weighted by Gasteiger charge is -2.28. The summed E-state index contributed by atoms with van der Waals surface area (Å²) in [7, 11) is 0. The molecule has 4 rings (SSSR count). The van der Waals surface area contributed by atoms with Crippen LogP contribution in [0.25, 0.3) is 11.1 Å². The van der Waals surface area contributed by atoms with E-state index in [0.717, 1.165) is 11.5 Å². The van der Waals surface area contributed by atoms with Crippen molar-refractivity contribution in [3.8, 4) is 11.1 Å². The predicted octanol–water partition coefficient (Wildman–Crippen LogP) is 2.91. The third-order valence-electron chi connectivity index (χ3n) is 5.72. The number of aromatic nitrogens is 1. The van der Waals surface area contributed by atoms with Gasteiger partial charge >= 0.3 is 6.09 Å². The van der Waals surface area contributed by atoms with Crippen LogP contribution < -0.4 is 15.5 Å². The Morgan fingerprint density at radius 2 is 2.06 bits per heavy atom. The second kappa shape index (κ2) is 9.21. The molecule has 3 N–H and O–H groups in total. The number of rotatable bonds is 6. The molecule has 2 fully saturated rings. The number of oxime groups is 1. The Balaban J connectivity index is 1.44. The SMILES string of the molecule is NC(=O)CCC1CN(c2ccc(-c3ccc(N4CCC(=NO)CC4)nc3)c(F)c2)C(=O)O1. The Hall–Kier alpha value is -3.69. The number of cyclic esters (lactones) is 1. The van der Waals surface area contributed by atoms with Crippen molar-refractivity contribution in [2.75, 3.05) is 29.4 Å². The van der Waals surface area contributed by atoms with Crippen molar-refractivity contribution in [3.05, 3.63) is 42.3 Å². The molecule has 3 heterocycles. The van der Waals surface area contributed by atoms with Gasteiger partial charge in [-0.05, 0) is 36.8 Å². The number of primary amides is 1. The van der Waals surface area contributed by atoms with Crippen LogP contribution in [0, 0.1) is 5.82 Å². The number of carbonyl (C=O) groups excluding carboxylic acids is 2. The molecule has 32 heavy (non-hydrogen) atoms. The topological polar surface area (TPSA) is 121 Å². The summed E-state index contributed by atoms with van der Waals surface area (Å²) < 4.78 is 20.1. The van der Waals surface area contributed by atoms with Crippen LogP contribution in [0.4, 0.5) is 20.7 Å². The van der Waals surface area contributed by atoms with Gasteiger partial charge in [-0.25, -0.2) is 14.2 Å². The average molecular weight is 441 g/mol. The van der Waals surface area contributed by atoms with Gasteiger partial charge in [0.2, 0.25) is 5.91 Å². The number of amides is 2. The standard InChI is InChI=1S/C22H24FN5O4/c23-19-11-16(28-13-17(32-22(28)30)3-5-20(24)29)2-4-18(19)14-1-6-21(25-12-14)27-9-7-15(26-31)8-10-27/h1-2,4,6,11-12,17,31H,3,5,7-10,13H2,(H2,24,29). The van der Waals surface area contributed by atoms with Crippen LogP contribution >= 0.6 is 0 Å². The Labute approximate surface area is 184 Å². The molecule has 1 aromatic carbocycles. The fourth-order valence-electron chi connectivity index (χ4n) is 3.92. The van der Waals surface area contributed by atoms with Gasteiger partial charge in [0.15, 0.2) is 0 Å². The first kappa shape index (κ1) is 21.5. The zero-order valence-electron chi connectivity index (χ0n) is 17.4. The first-order chi connectivity index (χ1) is 15.4. The van der Waals surface area contributed by atoms with E-state index in [4.69, 9.17) is 15.7 Å². The summed E-state index contributed by atoms with van der Waals surface area (Å²) in [6.45, 7) is 1.65. The molecule has 2 aliphatic rings. The highest BCUT2D eigenvalue weighted by molar-refractivity contribution is 5.90. The fraction of sp³-hybridized carbons (Fsp3) is 0.364. The van der Waals surface area contributed by atoms with Gasteiger partial charge in [0.05, 0.1) is 17.9 Å². The van der Waals surface area contributed by atoms with Gasteiger partial charge in [-0.15, -0.1) is 0 Å². The minimum Gasteiger partial charge on any atom is -0.444 e. The zero-order valence-corrected chi connectivity index (χ0v) is 17.4. The minimum atomic E-state index is -0.575. The number of pyridine rings is 1. The second-order valence-corrected chi connectivity index (χ2v) is 7.84. The van der Waals surface area contributed by atoms with Crippen molar-refractivity contribution in [2.45, 2.75) is 31.8 Å². The van der Waals surface area contributed by atoms with Crippen molar-refractivity contribution >= 4 is 29.2 Å². The molecule has 0 bridgehead atoms. The molecule has 1 atom stereocenters. The maximum Gasteiger partial charge on any atom is 0.414 e. The van der Waals surface area contributed by atoms with E-state index in [-0.39, 0.29) is 13.0 Å². The van der Waals surface area contributed by atoms with Gasteiger partial charge in [0.25, 0.3) is 0 Å². The van der Waals surface area contributed by atoms with Crippen molar-refractivity contribution in [3.63, 3.8) is 0 Å². The van der Waals surface area contributed by atoms with Gasteiger partial charge in [0, 0.05) is 49.7 Å². The predicted molar refractivity (Wildman–Crippen MR) is 116 cm³/mol. The number of nitrogens with two attached hydrogens (primary N) is 1. The van der Waals surface area contributed by atoms with Crippen molar-refractivity contribution in [2.24, 2.45) is 10.9 Å². The molecule has 2 saturated heterocycles. The number of piperidine rings is 1. The summed E-state index contributed by atoms with van der Waals surface area (Å²) in [4.78, 5) is 31.0. The highest BCUT2D eigenvalue weighted by Gasteiger charge is 2.32. The van der Waals surface area contributed by atoms with E-state index in [1.54, 1.807) is 24.4 Å². The number of ether oxygens (including phenoxy) is 1. The highest BCUT2D eigenvalue weighted by Crippen LogP contribution is 2.30. The van der Waals surface area contributed by atoms with Gasteiger partial charge in [-0.2, -0.15) is 0 Å². The quantitative estimate of drug-likeness (QED) is 0.525. The molecular weight excluding hydrogens is 417 g/mol. The van der Waals surface area contributed by atoms with E-state index >= 15 is 0 Å². The van der Waals surface area contributed by atoms with Crippen LogP contribution in [0.2, 0.25) is 0 Å². The molecule has 9 nitrogen and oxygen atoms in total. The van der Waals surface area contributed by atoms with E-state index in [1.807, 2.05) is 6.07 Å². The maximum atomic E-state index is 14.9. The van der Waals surface area contributed by atoms with Gasteiger partial charge in [0.1, 0.15) is 17.7 Å². The summed E-state index contributed by atoms with van der Waals surface area (Å²) in [6, 6.07) is 8.20. The van der Waals surface area contributed by atoms with Crippen LogP contribution in [-0.2, 0) is 9.53 Å². The third kappa shape index (κ3) is 4.63. The van der Waals surface area contributed by atoms with Gasteiger partial charge < -0.3 is 20.6 Å². The molecule has 1 unspecified atom stereocenters. The van der Waals surface area contributed by atoms with Crippen molar-refractivity contribution < 1.29 is 23.9 Å². The van der Waals surface area contributed by atoms with Gasteiger partial charge in [-0.3, -0.25) is 9.69 Å². The molecule has 2 aliphatic heterocycles. The summed E-state index contributed by atoms with van der Waals surface area (Å²) in [5, 5.41) is 12.1. The molecule has 0 radical (unpaired) electrons. The number of hydrogen-bond acceptors (Lipinski definition) is 7. The lowest BCUT2D eigenvalue weighted by atomic mass is 10.1. The van der Waals surface area contributed by atoms with Gasteiger partial charge in [-0.1, -0.05) is 5.16 Å². The third-order valence-corrected chi connectivity index (χ3v) is 5.72. The second-order valence-electron chi connectivity index (χ2n) is 7.84. The van der Waals surface area contributed by atoms with Crippen LogP contribution in [0.1, 0.15) is 25.7 Å². The summed E-state index contributed by atoms with van der Waals surface area (Å²) in [5.41, 5.74) is 7.30. The normalized spacial score (nSPS) is 18.6. The lowest BCUT2D eigenvalue weighted by molar-refractivity contribution is -0.118. The fourth-order valence-corrected chi connectivity index (χ4v) is 3.92. The molecule has 2 amide bonds. The minimum absolute atomic E-state index is 0.121. The van der Waals surface area contributed by atoms with E-state index in [1.165, 1.54) is 11.0 Å². The molecule has 0 spiro atoms. The summed E-state index contributed by atoms with van der Waals surface area (Å²) in [6.07, 6.45) is 2.40. The van der Waals surface area contributed by atoms with Crippen LogP contribution in [0.5, 0.6) is 0 Å². The highest BCUT2D eigenvalue weighted by atomic mass is 19.1. The summed E-state index contributed by atoms with van der Waals surface area (Å²) in [5.74, 6) is -0.157. The number of hydrogen-bond donors (Lipinski definition) is 2. The van der Waals surface area contributed by atoms with E-state index in [2.05, 4.69) is 15.0 Å². The Morgan fingerprint density at radius 3 is 2.69 bits per heavy atom. The van der Waals surface area contributed by atoms with Crippen molar-refractivity contribution in [1.29, 1.82) is 0 Å². The number of nitrogens with zero attached hydrogens (tertiary/aromatic N) is 4. The number of carbonyl (C=O) groups is 2. The van der Waals surface area contributed by atoms with Crippen molar-refractivity contribution in [1.82, 2.24) is 4.98 Å². The molecule has 0 saturated carbocycles. The average Bonchev–Trinajstić information content (AvgIpc) is 3.18. The summed E-state index contributed by atoms with van der Waals surface area (Å²) >= 11 is 0. The van der Waals surface area contributed by atoms with Crippen LogP contribution in [-0.4, -0.2) is 53.6 Å². The smallest absolute Gasteiger partial charge is 0.414 e. The Morgan fingerprint density at radius 1 is 1.28 bits per heavy atom. The number of anilines is 2. The molecule has 1 aromatic heterocycles.